The largest absolute Gasteiger partial charge is 0.481 e. The van der Waals surface area contributed by atoms with Crippen LogP contribution in [0, 0.1) is 0 Å². The van der Waals surface area contributed by atoms with Crippen LogP contribution < -0.4 is 5.32 Å². The maximum Gasteiger partial charge on any atom is 0.305 e. The number of carboxylic acids is 1. The van der Waals surface area contributed by atoms with Crippen molar-refractivity contribution in [2.75, 3.05) is 25.1 Å². The van der Waals surface area contributed by atoms with Gasteiger partial charge in [0.05, 0.1) is 25.2 Å². The number of aliphatic carboxylic acids is 1. The van der Waals surface area contributed by atoms with E-state index in [2.05, 4.69) is 10.3 Å². The average Bonchev–Trinajstić information content (AvgIpc) is 2.42. The fourth-order valence-electron chi connectivity index (χ4n) is 1.68. The average molecular weight is 260 g/mol. The van der Waals surface area contributed by atoms with Gasteiger partial charge in [0.1, 0.15) is 5.82 Å². The molecule has 2 N–H and O–H groups in total. The number of hydrogen-bond donors (Lipinski definition) is 2. The minimum Gasteiger partial charge on any atom is -0.481 e. The zero-order valence-corrected chi connectivity index (χ0v) is 10.5. The van der Waals surface area contributed by atoms with Crippen molar-refractivity contribution in [2.24, 2.45) is 0 Å². The molecule has 0 aliphatic heterocycles. The highest BCUT2D eigenvalue weighted by molar-refractivity contribution is 5.80. The van der Waals surface area contributed by atoms with E-state index in [0.717, 1.165) is 16.7 Å². The van der Waals surface area contributed by atoms with Crippen LogP contribution in [0.5, 0.6) is 0 Å². The maximum atomic E-state index is 10.3. The number of nitrogens with zero attached hydrogens (tertiary/aromatic N) is 1. The smallest absolute Gasteiger partial charge is 0.305 e. The summed E-state index contributed by atoms with van der Waals surface area (Å²) in [6.45, 7) is 1.30. The van der Waals surface area contributed by atoms with E-state index in [9.17, 15) is 4.79 Å². The monoisotopic (exact) mass is 260 g/mol. The molecule has 0 aliphatic carbocycles. The van der Waals surface area contributed by atoms with Crippen molar-refractivity contribution in [2.45, 2.75) is 6.42 Å². The Morgan fingerprint density at radius 3 is 2.89 bits per heavy atom. The second-order valence-electron chi connectivity index (χ2n) is 4.07. The van der Waals surface area contributed by atoms with Crippen LogP contribution in [0.1, 0.15) is 6.42 Å². The Morgan fingerprint density at radius 2 is 2.05 bits per heavy atom. The summed E-state index contributed by atoms with van der Waals surface area (Å²) in [6, 6.07) is 11.8. The zero-order chi connectivity index (χ0) is 13.5. The number of aromatic nitrogens is 1. The normalized spacial score (nSPS) is 10.5. The number of ether oxygens (including phenoxy) is 1. The highest BCUT2D eigenvalue weighted by atomic mass is 16.5. The van der Waals surface area contributed by atoms with Crippen molar-refractivity contribution in [3.63, 3.8) is 0 Å². The second kappa shape index (κ2) is 6.70. The van der Waals surface area contributed by atoms with Gasteiger partial charge in [0, 0.05) is 11.9 Å². The van der Waals surface area contributed by atoms with Gasteiger partial charge in [-0.1, -0.05) is 18.2 Å². The summed E-state index contributed by atoms with van der Waals surface area (Å²) in [5.41, 5.74) is 0.944. The summed E-state index contributed by atoms with van der Waals surface area (Å²) in [5.74, 6) is -0.0512. The number of pyridine rings is 1. The summed E-state index contributed by atoms with van der Waals surface area (Å²) >= 11 is 0. The number of nitrogens with one attached hydrogen (secondary N) is 1. The van der Waals surface area contributed by atoms with Crippen molar-refractivity contribution >= 4 is 22.7 Å². The fourth-order valence-corrected chi connectivity index (χ4v) is 1.68. The first-order chi connectivity index (χ1) is 9.25. The molecule has 0 amide bonds. The van der Waals surface area contributed by atoms with Gasteiger partial charge in [-0.05, 0) is 18.2 Å². The highest BCUT2D eigenvalue weighted by Gasteiger charge is 1.98. The summed E-state index contributed by atoms with van der Waals surface area (Å²) in [5, 5.41) is 12.7. The van der Waals surface area contributed by atoms with E-state index < -0.39 is 5.97 Å². The van der Waals surface area contributed by atoms with Gasteiger partial charge in [-0.15, -0.1) is 0 Å². The fraction of sp³-hybridized carbons (Fsp3) is 0.286. The molecule has 2 aromatic rings. The van der Waals surface area contributed by atoms with Crippen molar-refractivity contribution in [1.29, 1.82) is 0 Å². The van der Waals surface area contributed by atoms with Gasteiger partial charge in [0.15, 0.2) is 0 Å². The quantitative estimate of drug-likeness (QED) is 0.746. The van der Waals surface area contributed by atoms with Crippen LogP contribution >= 0.6 is 0 Å². The molecule has 100 valence electrons. The predicted molar refractivity (Wildman–Crippen MR) is 73.3 cm³/mol. The number of para-hydroxylation sites is 1. The number of carboxylic acid groups (broad SMARTS) is 1. The molecule has 0 radical (unpaired) electrons. The molecular weight excluding hydrogens is 244 g/mol. The van der Waals surface area contributed by atoms with Gasteiger partial charge in [0.25, 0.3) is 0 Å². The van der Waals surface area contributed by atoms with Crippen LogP contribution in [0.4, 0.5) is 5.82 Å². The molecule has 5 heteroatoms. The lowest BCUT2D eigenvalue weighted by molar-refractivity contribution is -0.138. The Kier molecular flexibility index (Phi) is 4.69. The van der Waals surface area contributed by atoms with E-state index in [-0.39, 0.29) is 13.0 Å². The van der Waals surface area contributed by atoms with E-state index in [0.29, 0.717) is 13.2 Å². The van der Waals surface area contributed by atoms with Crippen LogP contribution in [0.25, 0.3) is 10.9 Å². The zero-order valence-electron chi connectivity index (χ0n) is 10.5. The van der Waals surface area contributed by atoms with E-state index in [4.69, 9.17) is 9.84 Å². The number of benzene rings is 1. The highest BCUT2D eigenvalue weighted by Crippen LogP contribution is 2.14. The molecule has 0 bridgehead atoms. The molecule has 0 spiro atoms. The summed E-state index contributed by atoms with van der Waals surface area (Å²) < 4.78 is 5.18. The van der Waals surface area contributed by atoms with Crippen molar-refractivity contribution in [1.82, 2.24) is 4.98 Å². The molecule has 0 saturated carbocycles. The third-order valence-corrected chi connectivity index (χ3v) is 2.61. The van der Waals surface area contributed by atoms with Crippen LogP contribution in [0.2, 0.25) is 0 Å². The van der Waals surface area contributed by atoms with Crippen molar-refractivity contribution in [3.05, 3.63) is 36.4 Å². The first-order valence-electron chi connectivity index (χ1n) is 6.15. The molecule has 0 atom stereocenters. The van der Waals surface area contributed by atoms with Gasteiger partial charge < -0.3 is 15.2 Å². The third-order valence-electron chi connectivity index (χ3n) is 2.61. The molecule has 5 nitrogen and oxygen atoms in total. The van der Waals surface area contributed by atoms with Crippen LogP contribution in [0.15, 0.2) is 36.4 Å². The first-order valence-corrected chi connectivity index (χ1v) is 6.15. The third kappa shape index (κ3) is 4.22. The standard InChI is InChI=1S/C14H16N2O3/c17-14(18)7-9-19-10-8-15-13-6-5-11-3-1-2-4-12(11)16-13/h1-6H,7-10H2,(H,15,16)(H,17,18). The Bertz CT molecular complexity index is 557. The van der Waals surface area contributed by atoms with Gasteiger partial charge >= 0.3 is 5.97 Å². The van der Waals surface area contributed by atoms with Gasteiger partial charge in [-0.2, -0.15) is 0 Å². The lowest BCUT2D eigenvalue weighted by Gasteiger charge is -2.07. The lowest BCUT2D eigenvalue weighted by atomic mass is 10.2. The predicted octanol–water partition coefficient (Wildman–Crippen LogP) is 2.14. The number of carbonyl (C=O) groups is 1. The Balaban J connectivity index is 1.77. The SMILES string of the molecule is O=C(O)CCOCCNc1ccc2ccccc2n1. The molecule has 1 aromatic carbocycles. The Labute approximate surface area is 111 Å². The van der Waals surface area contributed by atoms with E-state index in [1.807, 2.05) is 36.4 Å². The molecule has 1 heterocycles. The first kappa shape index (κ1) is 13.3. The minimum atomic E-state index is -0.843. The van der Waals surface area contributed by atoms with E-state index in [1.54, 1.807) is 0 Å². The van der Waals surface area contributed by atoms with Crippen LogP contribution in [-0.4, -0.2) is 35.8 Å². The van der Waals surface area contributed by atoms with Gasteiger partial charge in [-0.3, -0.25) is 4.79 Å². The molecular formula is C14H16N2O3. The molecule has 0 saturated heterocycles. The Morgan fingerprint density at radius 1 is 1.21 bits per heavy atom. The molecule has 1 aromatic heterocycles. The summed E-state index contributed by atoms with van der Waals surface area (Å²) in [6.07, 6.45) is 0.0359. The number of fused-ring (bicyclic) bond motifs is 1. The molecule has 0 fully saturated rings. The summed E-state index contributed by atoms with van der Waals surface area (Å²) in [4.78, 5) is 14.7. The lowest BCUT2D eigenvalue weighted by Crippen LogP contribution is -2.12. The van der Waals surface area contributed by atoms with Gasteiger partial charge in [0.2, 0.25) is 0 Å². The van der Waals surface area contributed by atoms with Crippen LogP contribution in [0.3, 0.4) is 0 Å². The van der Waals surface area contributed by atoms with Crippen LogP contribution in [-0.2, 0) is 9.53 Å². The van der Waals surface area contributed by atoms with Crippen molar-refractivity contribution in [3.8, 4) is 0 Å². The number of hydrogen-bond acceptors (Lipinski definition) is 4. The van der Waals surface area contributed by atoms with Gasteiger partial charge in [-0.25, -0.2) is 4.98 Å². The van der Waals surface area contributed by atoms with E-state index >= 15 is 0 Å². The number of anilines is 1. The topological polar surface area (TPSA) is 71.5 Å². The van der Waals surface area contributed by atoms with Crippen molar-refractivity contribution < 1.29 is 14.6 Å². The molecule has 0 unspecified atom stereocenters. The van der Waals surface area contributed by atoms with E-state index in [1.165, 1.54) is 0 Å². The molecule has 2 rings (SSSR count). The summed E-state index contributed by atoms with van der Waals surface area (Å²) in [7, 11) is 0. The molecule has 19 heavy (non-hydrogen) atoms. The molecule has 0 aliphatic rings. The minimum absolute atomic E-state index is 0.0359. The second-order valence-corrected chi connectivity index (χ2v) is 4.07. The maximum absolute atomic E-state index is 10.3. The Hall–Kier alpha value is -2.14. The number of rotatable bonds is 7.